The maximum absolute atomic E-state index is 12.8. The molecule has 3 rings (SSSR count). The highest BCUT2D eigenvalue weighted by Gasteiger charge is 2.19. The van der Waals surface area contributed by atoms with Crippen molar-refractivity contribution >= 4 is 29.3 Å². The lowest BCUT2D eigenvalue weighted by Gasteiger charge is -2.19. The molecule has 1 aliphatic rings. The second-order valence-corrected chi connectivity index (χ2v) is 9.54. The molecule has 2 atom stereocenters. The fourth-order valence-corrected chi connectivity index (χ4v) is 4.85. The van der Waals surface area contributed by atoms with Gasteiger partial charge in [-0.3, -0.25) is 9.59 Å². The minimum Gasteiger partial charge on any atom is -0.383 e. The van der Waals surface area contributed by atoms with Gasteiger partial charge in [-0.15, -0.1) is 0 Å². The summed E-state index contributed by atoms with van der Waals surface area (Å²) in [6.07, 6.45) is 4.07. The Labute approximate surface area is 213 Å². The fraction of sp³-hybridized carbons (Fsp3) is 0.464. The Bertz CT molecular complexity index is 1150. The van der Waals surface area contributed by atoms with E-state index in [1.54, 1.807) is 20.1 Å². The number of carbonyl (C=O) groups excluding carboxylic acids is 2. The Hall–Kier alpha value is -3.57. The van der Waals surface area contributed by atoms with E-state index in [1.807, 2.05) is 44.2 Å². The number of rotatable bonds is 10. The van der Waals surface area contributed by atoms with Crippen molar-refractivity contribution in [2.75, 3.05) is 37.0 Å². The Morgan fingerprint density at radius 1 is 1.19 bits per heavy atom. The average Bonchev–Trinajstić information content (AvgIpc) is 3.45. The highest BCUT2D eigenvalue weighted by molar-refractivity contribution is 6.02. The van der Waals surface area contributed by atoms with Gasteiger partial charge in [-0.1, -0.05) is 6.07 Å². The molecular formula is C28H37N5O3. The zero-order chi connectivity index (χ0) is 26.2. The van der Waals surface area contributed by atoms with E-state index in [1.165, 1.54) is 12.8 Å². The summed E-state index contributed by atoms with van der Waals surface area (Å²) >= 11 is 0. The van der Waals surface area contributed by atoms with Crippen molar-refractivity contribution in [1.29, 1.82) is 5.26 Å². The fourth-order valence-electron chi connectivity index (χ4n) is 4.85. The van der Waals surface area contributed by atoms with Crippen LogP contribution in [-0.2, 0) is 14.3 Å². The molecule has 1 aromatic heterocycles. The summed E-state index contributed by atoms with van der Waals surface area (Å²) < 4.78 is 7.40. The zero-order valence-electron chi connectivity index (χ0n) is 21.9. The minimum absolute atomic E-state index is 0.000201. The molecule has 8 nitrogen and oxygen atoms in total. The SMILES string of the molecule is COCC(C)n1c(C)cc(C=C(C#N)C(=O)NC(C)CC(=O)Nc2cccc(N3CCCC3)c2)c1C. The molecule has 0 aliphatic carbocycles. The Kier molecular flexibility index (Phi) is 9.31. The van der Waals surface area contributed by atoms with E-state index in [9.17, 15) is 14.9 Å². The second-order valence-electron chi connectivity index (χ2n) is 9.54. The predicted octanol–water partition coefficient (Wildman–Crippen LogP) is 4.35. The molecule has 2 unspecified atom stereocenters. The number of nitrogens with one attached hydrogen (secondary N) is 2. The largest absolute Gasteiger partial charge is 0.383 e. The van der Waals surface area contributed by atoms with Crippen LogP contribution >= 0.6 is 0 Å². The molecule has 2 N–H and O–H groups in total. The van der Waals surface area contributed by atoms with Crippen molar-refractivity contribution in [3.8, 4) is 6.07 Å². The number of hydrogen-bond acceptors (Lipinski definition) is 5. The molecule has 0 bridgehead atoms. The first-order valence-corrected chi connectivity index (χ1v) is 12.5. The number of nitriles is 1. The maximum atomic E-state index is 12.8. The van der Waals surface area contributed by atoms with Crippen LogP contribution in [0.1, 0.15) is 56.1 Å². The minimum atomic E-state index is -0.497. The molecule has 2 amide bonds. The first-order chi connectivity index (χ1) is 17.2. The molecule has 8 heteroatoms. The first-order valence-electron chi connectivity index (χ1n) is 12.5. The van der Waals surface area contributed by atoms with Gasteiger partial charge in [0, 0.05) is 55.4 Å². The van der Waals surface area contributed by atoms with Crippen LogP contribution in [-0.4, -0.2) is 49.2 Å². The molecular weight excluding hydrogens is 454 g/mol. The lowest BCUT2D eigenvalue weighted by atomic mass is 10.1. The third-order valence-electron chi connectivity index (χ3n) is 6.51. The third kappa shape index (κ3) is 6.76. The standard InChI is InChI=1S/C28H37N5O3/c1-19(13-27(34)31-25-9-8-10-26(16-25)32-11-6-7-12-32)30-28(35)24(17-29)15-23-14-20(2)33(22(23)4)21(3)18-36-5/h8-10,14-16,19,21H,6-7,11-13,18H2,1-5H3,(H,30,35)(H,31,34). The molecule has 0 spiro atoms. The quantitative estimate of drug-likeness (QED) is 0.380. The van der Waals surface area contributed by atoms with Gasteiger partial charge in [-0.05, 0) is 76.4 Å². The van der Waals surface area contributed by atoms with E-state index < -0.39 is 11.9 Å². The summed E-state index contributed by atoms with van der Waals surface area (Å²) in [4.78, 5) is 27.7. The molecule has 1 saturated heterocycles. The number of carbonyl (C=O) groups is 2. The molecule has 2 aromatic rings. The molecule has 2 heterocycles. The highest BCUT2D eigenvalue weighted by Crippen LogP contribution is 2.24. The summed E-state index contributed by atoms with van der Waals surface area (Å²) in [6, 6.07) is 11.5. The van der Waals surface area contributed by atoms with Crippen LogP contribution in [0.4, 0.5) is 11.4 Å². The summed E-state index contributed by atoms with van der Waals surface area (Å²) in [6.45, 7) is 10.4. The van der Waals surface area contributed by atoms with Gasteiger partial charge in [0.05, 0.1) is 12.6 Å². The van der Waals surface area contributed by atoms with Crippen LogP contribution in [0, 0.1) is 25.2 Å². The van der Waals surface area contributed by atoms with Crippen LogP contribution in [0.15, 0.2) is 35.9 Å². The molecule has 36 heavy (non-hydrogen) atoms. The van der Waals surface area contributed by atoms with E-state index >= 15 is 0 Å². The summed E-state index contributed by atoms with van der Waals surface area (Å²) in [7, 11) is 1.66. The van der Waals surface area contributed by atoms with Crippen molar-refractivity contribution in [1.82, 2.24) is 9.88 Å². The number of amides is 2. The lowest BCUT2D eigenvalue weighted by Crippen LogP contribution is -2.36. The highest BCUT2D eigenvalue weighted by atomic mass is 16.5. The average molecular weight is 492 g/mol. The van der Waals surface area contributed by atoms with E-state index in [2.05, 4.69) is 33.1 Å². The monoisotopic (exact) mass is 491 g/mol. The molecule has 1 fully saturated rings. The normalized spacial score (nSPS) is 15.3. The van der Waals surface area contributed by atoms with E-state index in [0.29, 0.717) is 6.61 Å². The number of nitrogens with zero attached hydrogens (tertiary/aromatic N) is 3. The number of anilines is 2. The molecule has 1 aliphatic heterocycles. The number of aromatic nitrogens is 1. The smallest absolute Gasteiger partial charge is 0.262 e. The van der Waals surface area contributed by atoms with E-state index in [0.717, 1.165) is 41.4 Å². The van der Waals surface area contributed by atoms with E-state index in [4.69, 9.17) is 4.74 Å². The Morgan fingerprint density at radius 3 is 2.58 bits per heavy atom. The predicted molar refractivity (Wildman–Crippen MR) is 143 cm³/mol. The van der Waals surface area contributed by atoms with Gasteiger partial charge in [0.1, 0.15) is 11.6 Å². The molecule has 1 aromatic carbocycles. The van der Waals surface area contributed by atoms with Crippen LogP contribution in [0.5, 0.6) is 0 Å². The summed E-state index contributed by atoms with van der Waals surface area (Å²) in [5.74, 6) is -0.692. The van der Waals surface area contributed by atoms with Crippen molar-refractivity contribution in [3.63, 3.8) is 0 Å². The van der Waals surface area contributed by atoms with Crippen molar-refractivity contribution in [3.05, 3.63) is 52.9 Å². The number of hydrogen-bond donors (Lipinski definition) is 2. The van der Waals surface area contributed by atoms with Gasteiger partial charge in [-0.2, -0.15) is 5.26 Å². The van der Waals surface area contributed by atoms with Crippen LogP contribution in [0.25, 0.3) is 6.08 Å². The third-order valence-corrected chi connectivity index (χ3v) is 6.51. The number of benzene rings is 1. The number of ether oxygens (including phenoxy) is 1. The first kappa shape index (κ1) is 27.0. The summed E-state index contributed by atoms with van der Waals surface area (Å²) in [5.41, 5.74) is 4.64. The lowest BCUT2D eigenvalue weighted by molar-refractivity contribution is -0.118. The number of methoxy groups -OCH3 is 1. The second kappa shape index (κ2) is 12.4. The van der Waals surface area contributed by atoms with Crippen molar-refractivity contribution < 1.29 is 14.3 Å². The summed E-state index contributed by atoms with van der Waals surface area (Å²) in [5, 5.41) is 15.3. The van der Waals surface area contributed by atoms with Gasteiger partial charge in [0.25, 0.3) is 5.91 Å². The van der Waals surface area contributed by atoms with E-state index in [-0.39, 0.29) is 23.9 Å². The van der Waals surface area contributed by atoms with Gasteiger partial charge in [0.2, 0.25) is 5.91 Å². The molecule has 0 saturated carbocycles. The maximum Gasteiger partial charge on any atom is 0.262 e. The Morgan fingerprint density at radius 2 is 1.92 bits per heavy atom. The van der Waals surface area contributed by atoms with Crippen molar-refractivity contribution in [2.24, 2.45) is 0 Å². The van der Waals surface area contributed by atoms with Gasteiger partial charge < -0.3 is 24.8 Å². The topological polar surface area (TPSA) is 99.4 Å². The van der Waals surface area contributed by atoms with Gasteiger partial charge in [-0.25, -0.2) is 0 Å². The Balaban J connectivity index is 1.61. The van der Waals surface area contributed by atoms with Gasteiger partial charge in [0.15, 0.2) is 0 Å². The van der Waals surface area contributed by atoms with Crippen molar-refractivity contribution in [2.45, 2.75) is 59.0 Å². The van der Waals surface area contributed by atoms with Crippen LogP contribution in [0.3, 0.4) is 0 Å². The van der Waals surface area contributed by atoms with Crippen LogP contribution in [0.2, 0.25) is 0 Å². The molecule has 0 radical (unpaired) electrons. The molecule has 192 valence electrons. The van der Waals surface area contributed by atoms with Crippen LogP contribution < -0.4 is 15.5 Å². The van der Waals surface area contributed by atoms with Gasteiger partial charge >= 0.3 is 0 Å². The zero-order valence-corrected chi connectivity index (χ0v) is 21.9. The number of aryl methyl sites for hydroxylation is 1.